The molecule has 2 heterocycles. The molecule has 0 amide bonds. The fourth-order valence-corrected chi connectivity index (χ4v) is 2.58. The highest BCUT2D eigenvalue weighted by Crippen LogP contribution is 2.29. The number of nitrogens with one attached hydrogen (secondary N) is 1. The van der Waals surface area contributed by atoms with Crippen LogP contribution in [0, 0.1) is 0 Å². The highest BCUT2D eigenvalue weighted by atomic mass is 32.1. The molecule has 0 aliphatic rings. The summed E-state index contributed by atoms with van der Waals surface area (Å²) in [5, 5.41) is 5.57. The molecule has 1 unspecified atom stereocenters. The number of thiophene rings is 1. The number of aromatic nitrogens is 1. The third-order valence-electron chi connectivity index (χ3n) is 2.59. The third-order valence-corrected chi connectivity index (χ3v) is 3.58. The highest BCUT2D eigenvalue weighted by Gasteiger charge is 2.12. The van der Waals surface area contributed by atoms with Gasteiger partial charge in [-0.1, -0.05) is 13.0 Å². The zero-order valence-corrected chi connectivity index (χ0v) is 10.8. The molecule has 0 aromatic carbocycles. The molecule has 1 atom stereocenters. The Kier molecular flexibility index (Phi) is 3.98. The Balaban J connectivity index is 2.18. The van der Waals surface area contributed by atoms with Crippen molar-refractivity contribution < 1.29 is 4.74 Å². The Morgan fingerprint density at radius 2 is 2.29 bits per heavy atom. The zero-order chi connectivity index (χ0) is 12.1. The highest BCUT2D eigenvalue weighted by molar-refractivity contribution is 7.10. The summed E-state index contributed by atoms with van der Waals surface area (Å²) in [6.07, 6.45) is 2.76. The van der Waals surface area contributed by atoms with Gasteiger partial charge in [0.2, 0.25) is 5.88 Å². The molecule has 0 spiro atoms. The quantitative estimate of drug-likeness (QED) is 0.875. The lowest BCUT2D eigenvalue weighted by Gasteiger charge is -2.18. The van der Waals surface area contributed by atoms with Crippen molar-refractivity contribution >= 4 is 17.0 Å². The monoisotopic (exact) mass is 248 g/mol. The summed E-state index contributed by atoms with van der Waals surface area (Å²) in [4.78, 5) is 5.52. The van der Waals surface area contributed by atoms with Crippen LogP contribution in [0.15, 0.2) is 35.8 Å². The van der Waals surface area contributed by atoms with Crippen molar-refractivity contribution in [3.8, 4) is 5.88 Å². The van der Waals surface area contributed by atoms with Crippen molar-refractivity contribution in [2.45, 2.75) is 19.4 Å². The first kappa shape index (κ1) is 11.9. The lowest BCUT2D eigenvalue weighted by molar-refractivity contribution is 0.399. The molecule has 90 valence electrons. The molecule has 2 rings (SSSR count). The maximum atomic E-state index is 5.24. The van der Waals surface area contributed by atoms with Gasteiger partial charge in [0.15, 0.2) is 0 Å². The molecule has 17 heavy (non-hydrogen) atoms. The maximum Gasteiger partial charge on any atom is 0.237 e. The average molecular weight is 248 g/mol. The first-order valence-electron chi connectivity index (χ1n) is 5.64. The molecule has 4 heteroatoms. The number of ether oxygens (including phenoxy) is 1. The van der Waals surface area contributed by atoms with Crippen LogP contribution in [-0.2, 0) is 0 Å². The summed E-state index contributed by atoms with van der Waals surface area (Å²) in [7, 11) is 1.64. The predicted octanol–water partition coefficient (Wildman–Crippen LogP) is 3.71. The number of anilines is 1. The Labute approximate surface area is 105 Å². The number of methoxy groups -OCH3 is 1. The van der Waals surface area contributed by atoms with Crippen molar-refractivity contribution in [2.24, 2.45) is 0 Å². The number of rotatable bonds is 5. The number of hydrogen-bond donors (Lipinski definition) is 1. The van der Waals surface area contributed by atoms with Crippen LogP contribution in [0.2, 0.25) is 0 Å². The van der Waals surface area contributed by atoms with Gasteiger partial charge < -0.3 is 10.1 Å². The van der Waals surface area contributed by atoms with Crippen LogP contribution < -0.4 is 10.1 Å². The first-order chi connectivity index (χ1) is 8.35. The van der Waals surface area contributed by atoms with Crippen LogP contribution in [0.3, 0.4) is 0 Å². The molecule has 0 saturated carbocycles. The van der Waals surface area contributed by atoms with Crippen molar-refractivity contribution in [2.75, 3.05) is 12.4 Å². The number of hydrogen-bond acceptors (Lipinski definition) is 4. The summed E-state index contributed by atoms with van der Waals surface area (Å²) >= 11 is 1.76. The largest absolute Gasteiger partial charge is 0.480 e. The van der Waals surface area contributed by atoms with E-state index in [0.29, 0.717) is 11.9 Å². The molecule has 2 aromatic rings. The number of pyridine rings is 1. The topological polar surface area (TPSA) is 34.2 Å². The van der Waals surface area contributed by atoms with E-state index < -0.39 is 0 Å². The second-order valence-electron chi connectivity index (χ2n) is 3.68. The minimum Gasteiger partial charge on any atom is -0.480 e. The summed E-state index contributed by atoms with van der Waals surface area (Å²) in [6.45, 7) is 2.17. The maximum absolute atomic E-state index is 5.24. The third kappa shape index (κ3) is 2.77. The fourth-order valence-electron chi connectivity index (χ4n) is 1.71. The standard InChI is InChI=1S/C13H16N2OS/c1-3-10(12-7-5-9-17-12)15-11-6-4-8-14-13(11)16-2/h4-10,15H,3H2,1-2H3. The van der Waals surface area contributed by atoms with E-state index in [4.69, 9.17) is 4.74 Å². The van der Waals surface area contributed by atoms with Crippen LogP contribution in [0.1, 0.15) is 24.3 Å². The van der Waals surface area contributed by atoms with Gasteiger partial charge in [-0.2, -0.15) is 0 Å². The van der Waals surface area contributed by atoms with Gasteiger partial charge in [0, 0.05) is 11.1 Å². The smallest absolute Gasteiger partial charge is 0.237 e. The second kappa shape index (κ2) is 5.68. The molecule has 0 saturated heterocycles. The summed E-state index contributed by atoms with van der Waals surface area (Å²) in [6, 6.07) is 8.43. The molecule has 0 bridgehead atoms. The van der Waals surface area contributed by atoms with Crippen molar-refractivity contribution in [1.29, 1.82) is 0 Å². The normalized spacial score (nSPS) is 12.1. The lowest BCUT2D eigenvalue weighted by Crippen LogP contribution is -2.09. The Hall–Kier alpha value is -1.55. The molecule has 0 radical (unpaired) electrons. The number of nitrogens with zero attached hydrogens (tertiary/aromatic N) is 1. The summed E-state index contributed by atoms with van der Waals surface area (Å²) < 4.78 is 5.24. The van der Waals surface area contributed by atoms with Crippen molar-refractivity contribution in [3.05, 3.63) is 40.7 Å². The molecular weight excluding hydrogens is 232 g/mol. The Morgan fingerprint density at radius 1 is 1.41 bits per heavy atom. The molecule has 2 aromatic heterocycles. The molecule has 0 aliphatic carbocycles. The van der Waals surface area contributed by atoms with E-state index >= 15 is 0 Å². The van der Waals surface area contributed by atoms with E-state index in [2.05, 4.69) is 34.7 Å². The van der Waals surface area contributed by atoms with Crippen LogP contribution in [-0.4, -0.2) is 12.1 Å². The summed E-state index contributed by atoms with van der Waals surface area (Å²) in [5.41, 5.74) is 0.940. The predicted molar refractivity (Wildman–Crippen MR) is 71.8 cm³/mol. The molecule has 3 nitrogen and oxygen atoms in total. The molecular formula is C13H16N2OS. The van der Waals surface area contributed by atoms with Crippen LogP contribution in [0.5, 0.6) is 5.88 Å². The van der Waals surface area contributed by atoms with Crippen molar-refractivity contribution in [1.82, 2.24) is 4.98 Å². The minimum atomic E-state index is 0.313. The van der Waals surface area contributed by atoms with E-state index in [9.17, 15) is 0 Å². The minimum absolute atomic E-state index is 0.313. The average Bonchev–Trinajstić information content (AvgIpc) is 2.90. The molecule has 1 N–H and O–H groups in total. The zero-order valence-electron chi connectivity index (χ0n) is 10.0. The fraction of sp³-hybridized carbons (Fsp3) is 0.308. The Morgan fingerprint density at radius 3 is 2.94 bits per heavy atom. The van der Waals surface area contributed by atoms with Gasteiger partial charge in [-0.3, -0.25) is 0 Å². The van der Waals surface area contributed by atoms with Gasteiger partial charge >= 0.3 is 0 Å². The van der Waals surface area contributed by atoms with Crippen LogP contribution in [0.25, 0.3) is 0 Å². The lowest BCUT2D eigenvalue weighted by atomic mass is 10.2. The van der Waals surface area contributed by atoms with Crippen LogP contribution in [0.4, 0.5) is 5.69 Å². The van der Waals surface area contributed by atoms with E-state index in [-0.39, 0.29) is 0 Å². The van der Waals surface area contributed by atoms with Crippen molar-refractivity contribution in [3.63, 3.8) is 0 Å². The van der Waals surface area contributed by atoms with Gasteiger partial charge in [-0.25, -0.2) is 4.98 Å². The SMILES string of the molecule is CCC(Nc1cccnc1OC)c1cccs1. The van der Waals surface area contributed by atoms with E-state index in [1.165, 1.54) is 4.88 Å². The van der Waals surface area contributed by atoms with Gasteiger partial charge in [-0.05, 0) is 30.0 Å². The second-order valence-corrected chi connectivity index (χ2v) is 4.66. The van der Waals surface area contributed by atoms with E-state index in [1.54, 1.807) is 24.6 Å². The van der Waals surface area contributed by atoms with Gasteiger partial charge in [0.1, 0.15) is 0 Å². The molecule has 0 aliphatic heterocycles. The first-order valence-corrected chi connectivity index (χ1v) is 6.52. The van der Waals surface area contributed by atoms with E-state index in [0.717, 1.165) is 12.1 Å². The van der Waals surface area contributed by atoms with Gasteiger partial charge in [0.25, 0.3) is 0 Å². The summed E-state index contributed by atoms with van der Waals surface area (Å²) in [5.74, 6) is 0.641. The van der Waals surface area contributed by atoms with Crippen LogP contribution >= 0.6 is 11.3 Å². The van der Waals surface area contributed by atoms with Gasteiger partial charge in [-0.15, -0.1) is 11.3 Å². The molecule has 0 fully saturated rings. The van der Waals surface area contributed by atoms with E-state index in [1.807, 2.05) is 12.1 Å². The Bertz CT molecular complexity index is 456. The van der Waals surface area contributed by atoms with Gasteiger partial charge in [0.05, 0.1) is 18.8 Å².